The summed E-state index contributed by atoms with van der Waals surface area (Å²) in [5.41, 5.74) is 1.66. The smallest absolute Gasteiger partial charge is 0.322 e. The molecule has 1 aromatic carbocycles. The minimum Gasteiger partial charge on any atom is -0.348 e. The molecular weight excluding hydrogens is 317 g/mol. The van der Waals surface area contributed by atoms with E-state index in [4.69, 9.17) is 11.6 Å². The van der Waals surface area contributed by atoms with Crippen molar-refractivity contribution >= 4 is 23.3 Å². The van der Waals surface area contributed by atoms with Gasteiger partial charge in [-0.3, -0.25) is 0 Å². The number of rotatable bonds is 3. The first-order chi connectivity index (χ1) is 11.1. The zero-order chi connectivity index (χ0) is 16.4. The molecule has 23 heavy (non-hydrogen) atoms. The summed E-state index contributed by atoms with van der Waals surface area (Å²) in [6, 6.07) is 8.14. The molecule has 6 heteroatoms. The number of benzene rings is 1. The second-order valence-electron chi connectivity index (χ2n) is 5.68. The van der Waals surface area contributed by atoms with E-state index in [1.54, 1.807) is 0 Å². The predicted octanol–water partition coefficient (Wildman–Crippen LogP) is 4.67. The molecular formula is C17H19ClFN3O. The topological polar surface area (TPSA) is 37.3 Å². The summed E-state index contributed by atoms with van der Waals surface area (Å²) < 4.78 is 15.4. The Balaban J connectivity index is 1.79. The number of nitrogens with one attached hydrogen (secondary N) is 1. The lowest BCUT2D eigenvalue weighted by Gasteiger charge is -2.37. The highest BCUT2D eigenvalue weighted by atomic mass is 35.5. The van der Waals surface area contributed by atoms with E-state index in [0.29, 0.717) is 12.2 Å². The van der Waals surface area contributed by atoms with Crippen LogP contribution in [0, 0.1) is 5.82 Å². The van der Waals surface area contributed by atoms with Gasteiger partial charge in [-0.05, 0) is 36.8 Å². The van der Waals surface area contributed by atoms with Crippen molar-refractivity contribution in [2.24, 2.45) is 0 Å². The number of hydrogen-bond donors (Lipinski definition) is 1. The first kappa shape index (κ1) is 15.9. The lowest BCUT2D eigenvalue weighted by atomic mass is 10.0. The largest absolute Gasteiger partial charge is 0.348 e. The van der Waals surface area contributed by atoms with Crippen molar-refractivity contribution in [2.75, 3.05) is 11.9 Å². The molecule has 1 atom stereocenters. The van der Waals surface area contributed by atoms with Gasteiger partial charge < -0.3 is 14.8 Å². The van der Waals surface area contributed by atoms with Crippen molar-refractivity contribution in [3.63, 3.8) is 0 Å². The van der Waals surface area contributed by atoms with Crippen LogP contribution in [0.3, 0.4) is 0 Å². The van der Waals surface area contributed by atoms with Crippen molar-refractivity contribution in [2.45, 2.75) is 32.4 Å². The summed E-state index contributed by atoms with van der Waals surface area (Å²) in [5, 5.41) is 2.82. The number of nitrogens with zero attached hydrogens (tertiary/aromatic N) is 2. The van der Waals surface area contributed by atoms with E-state index in [2.05, 4.69) is 22.9 Å². The molecule has 0 saturated carbocycles. The van der Waals surface area contributed by atoms with Crippen molar-refractivity contribution < 1.29 is 9.18 Å². The first-order valence-electron chi connectivity index (χ1n) is 7.78. The molecule has 0 aliphatic carbocycles. The van der Waals surface area contributed by atoms with Crippen molar-refractivity contribution in [1.29, 1.82) is 0 Å². The Hall–Kier alpha value is -2.01. The van der Waals surface area contributed by atoms with Gasteiger partial charge in [0.15, 0.2) is 0 Å². The molecule has 0 radical (unpaired) electrons. The standard InChI is InChI=1S/C17H19ClFN3O/c1-2-4-16-15-5-3-8-21(15)9-10-22(16)17(23)20-12-6-7-14(19)13(18)11-12/h3,5-8,11,16H,2,4,9-10H2,1H3,(H,20,23). The molecule has 1 unspecified atom stereocenters. The third-order valence-corrected chi connectivity index (χ3v) is 4.45. The molecule has 1 aliphatic rings. The second-order valence-corrected chi connectivity index (χ2v) is 6.09. The van der Waals surface area contributed by atoms with Gasteiger partial charge in [0, 0.05) is 30.7 Å². The van der Waals surface area contributed by atoms with Crippen LogP contribution in [0.15, 0.2) is 36.5 Å². The lowest BCUT2D eigenvalue weighted by molar-refractivity contribution is 0.163. The Kier molecular flexibility index (Phi) is 4.57. The quantitative estimate of drug-likeness (QED) is 0.869. The predicted molar refractivity (Wildman–Crippen MR) is 89.2 cm³/mol. The second kappa shape index (κ2) is 6.62. The van der Waals surface area contributed by atoms with E-state index in [0.717, 1.165) is 25.1 Å². The lowest BCUT2D eigenvalue weighted by Crippen LogP contribution is -2.44. The van der Waals surface area contributed by atoms with Crippen LogP contribution in [0.25, 0.3) is 0 Å². The molecule has 0 saturated heterocycles. The molecule has 0 fully saturated rings. The van der Waals surface area contributed by atoms with Crippen LogP contribution in [-0.2, 0) is 6.54 Å². The zero-order valence-electron chi connectivity index (χ0n) is 12.9. The van der Waals surface area contributed by atoms with Crippen LogP contribution in [0.1, 0.15) is 31.5 Å². The van der Waals surface area contributed by atoms with Crippen molar-refractivity contribution in [1.82, 2.24) is 9.47 Å². The first-order valence-corrected chi connectivity index (χ1v) is 8.15. The highest BCUT2D eigenvalue weighted by molar-refractivity contribution is 6.31. The van der Waals surface area contributed by atoms with Crippen molar-refractivity contribution in [3.05, 3.63) is 53.1 Å². The van der Waals surface area contributed by atoms with E-state index >= 15 is 0 Å². The van der Waals surface area contributed by atoms with Gasteiger partial charge in [-0.2, -0.15) is 0 Å². The fraction of sp³-hybridized carbons (Fsp3) is 0.353. The van der Waals surface area contributed by atoms with Gasteiger partial charge >= 0.3 is 6.03 Å². The van der Waals surface area contributed by atoms with Gasteiger partial charge in [0.25, 0.3) is 0 Å². The molecule has 2 amide bonds. The zero-order valence-corrected chi connectivity index (χ0v) is 13.7. The van der Waals surface area contributed by atoms with Crippen LogP contribution >= 0.6 is 11.6 Å². The highest BCUT2D eigenvalue weighted by Gasteiger charge is 2.30. The number of hydrogen-bond acceptors (Lipinski definition) is 1. The average Bonchev–Trinajstić information content (AvgIpc) is 3.00. The van der Waals surface area contributed by atoms with Crippen LogP contribution in [-0.4, -0.2) is 22.0 Å². The number of fused-ring (bicyclic) bond motifs is 1. The Bertz CT molecular complexity index is 716. The summed E-state index contributed by atoms with van der Waals surface area (Å²) in [7, 11) is 0. The van der Waals surface area contributed by atoms with E-state index in [1.807, 2.05) is 17.2 Å². The van der Waals surface area contributed by atoms with E-state index in [1.165, 1.54) is 18.2 Å². The molecule has 1 N–H and O–H groups in total. The highest BCUT2D eigenvalue weighted by Crippen LogP contribution is 2.30. The minimum absolute atomic E-state index is 0.000397. The molecule has 2 heterocycles. The van der Waals surface area contributed by atoms with E-state index in [9.17, 15) is 9.18 Å². The van der Waals surface area contributed by atoms with Gasteiger partial charge in [-0.15, -0.1) is 0 Å². The Morgan fingerprint density at radius 3 is 2.96 bits per heavy atom. The van der Waals surface area contributed by atoms with Crippen LogP contribution in [0.4, 0.5) is 14.9 Å². The van der Waals surface area contributed by atoms with Gasteiger partial charge in [-0.1, -0.05) is 24.9 Å². The summed E-state index contributed by atoms with van der Waals surface area (Å²) in [6.07, 6.45) is 3.94. The maximum absolute atomic E-state index is 13.2. The Labute approximate surface area is 139 Å². The molecule has 0 spiro atoms. The summed E-state index contributed by atoms with van der Waals surface area (Å²) >= 11 is 5.77. The summed E-state index contributed by atoms with van der Waals surface area (Å²) in [5.74, 6) is -0.496. The van der Waals surface area contributed by atoms with Gasteiger partial charge in [0.1, 0.15) is 5.82 Å². The molecule has 0 bridgehead atoms. The third kappa shape index (κ3) is 3.20. The fourth-order valence-corrected chi connectivity index (χ4v) is 3.23. The maximum atomic E-state index is 13.2. The van der Waals surface area contributed by atoms with Gasteiger partial charge in [0.05, 0.1) is 11.1 Å². The Morgan fingerprint density at radius 2 is 2.22 bits per heavy atom. The van der Waals surface area contributed by atoms with Crippen molar-refractivity contribution in [3.8, 4) is 0 Å². The number of aromatic nitrogens is 1. The van der Waals surface area contributed by atoms with Gasteiger partial charge in [-0.25, -0.2) is 9.18 Å². The molecule has 3 rings (SSSR count). The molecule has 1 aliphatic heterocycles. The number of anilines is 1. The molecule has 2 aromatic rings. The number of amides is 2. The molecule has 1 aromatic heterocycles. The fourth-order valence-electron chi connectivity index (χ4n) is 3.05. The third-order valence-electron chi connectivity index (χ3n) is 4.16. The van der Waals surface area contributed by atoms with E-state index in [-0.39, 0.29) is 17.1 Å². The number of carbonyl (C=O) groups excluding carboxylic acids is 1. The number of carbonyl (C=O) groups is 1. The minimum atomic E-state index is -0.496. The number of halogens is 2. The SMILES string of the molecule is CCCC1c2cccn2CCN1C(=O)Nc1ccc(F)c(Cl)c1. The normalized spacial score (nSPS) is 17.0. The summed E-state index contributed by atoms with van der Waals surface area (Å²) in [4.78, 5) is 14.5. The monoisotopic (exact) mass is 335 g/mol. The number of urea groups is 1. The molecule has 4 nitrogen and oxygen atoms in total. The Morgan fingerprint density at radius 1 is 1.39 bits per heavy atom. The van der Waals surface area contributed by atoms with Crippen LogP contribution in [0.5, 0.6) is 0 Å². The van der Waals surface area contributed by atoms with Gasteiger partial charge in [0.2, 0.25) is 0 Å². The van der Waals surface area contributed by atoms with Crippen LogP contribution < -0.4 is 5.32 Å². The van der Waals surface area contributed by atoms with E-state index < -0.39 is 5.82 Å². The van der Waals surface area contributed by atoms with Crippen LogP contribution in [0.2, 0.25) is 5.02 Å². The molecule has 122 valence electrons. The maximum Gasteiger partial charge on any atom is 0.322 e. The average molecular weight is 336 g/mol. The summed E-state index contributed by atoms with van der Waals surface area (Å²) in [6.45, 7) is 3.53.